The molecule has 0 aliphatic carbocycles. The lowest BCUT2D eigenvalue weighted by molar-refractivity contribution is -0.130. The van der Waals surface area contributed by atoms with Crippen LogP contribution in [0.5, 0.6) is 5.75 Å². The Morgan fingerprint density at radius 3 is 2.52 bits per heavy atom. The van der Waals surface area contributed by atoms with E-state index in [0.717, 1.165) is 0 Å². The van der Waals surface area contributed by atoms with E-state index in [2.05, 4.69) is 0 Å². The zero-order valence-electron chi connectivity index (χ0n) is 15.1. The zero-order valence-corrected chi connectivity index (χ0v) is 15.1. The van der Waals surface area contributed by atoms with Gasteiger partial charge in [0.15, 0.2) is 11.5 Å². The molecule has 2 N–H and O–H groups in total. The van der Waals surface area contributed by atoms with E-state index in [1.807, 2.05) is 13.8 Å². The molecule has 7 heteroatoms. The predicted molar refractivity (Wildman–Crippen MR) is 96.3 cm³/mol. The molecule has 7 nitrogen and oxygen atoms in total. The Kier molecular flexibility index (Phi) is 5.32. The van der Waals surface area contributed by atoms with Crippen molar-refractivity contribution in [3.63, 3.8) is 0 Å². The van der Waals surface area contributed by atoms with Crippen molar-refractivity contribution in [2.45, 2.75) is 26.0 Å². The second-order valence-electron chi connectivity index (χ2n) is 6.48. The molecule has 1 aliphatic rings. The summed E-state index contributed by atoms with van der Waals surface area (Å²) in [4.78, 5) is 26.9. The van der Waals surface area contributed by atoms with Gasteiger partial charge in [0, 0.05) is 6.54 Å². The first-order valence-corrected chi connectivity index (χ1v) is 8.63. The quantitative estimate of drug-likeness (QED) is 0.726. The van der Waals surface area contributed by atoms with Crippen LogP contribution in [0.15, 0.2) is 58.4 Å². The molecule has 27 heavy (non-hydrogen) atoms. The number of aliphatic hydroxyl groups excluding tert-OH is 1. The van der Waals surface area contributed by atoms with Gasteiger partial charge in [-0.05, 0) is 43.7 Å². The number of phenols is 1. The van der Waals surface area contributed by atoms with Gasteiger partial charge in [-0.2, -0.15) is 0 Å². The zero-order chi connectivity index (χ0) is 19.6. The number of aliphatic hydroxyl groups is 1. The van der Waals surface area contributed by atoms with E-state index in [1.165, 1.54) is 29.4 Å². The van der Waals surface area contributed by atoms with Crippen molar-refractivity contribution in [2.24, 2.45) is 0 Å². The molecule has 1 unspecified atom stereocenters. The number of ketones is 1. The Hall–Kier alpha value is -3.06. The fourth-order valence-electron chi connectivity index (χ4n) is 3.05. The summed E-state index contributed by atoms with van der Waals surface area (Å²) in [5.74, 6) is -1.70. The number of aromatic hydroxyl groups is 1. The minimum absolute atomic E-state index is 0.0133. The summed E-state index contributed by atoms with van der Waals surface area (Å²) in [6.45, 7) is 4.21. The molecule has 0 spiro atoms. The summed E-state index contributed by atoms with van der Waals surface area (Å²) in [5, 5.41) is 20.0. The van der Waals surface area contributed by atoms with Gasteiger partial charge in [0.05, 0.1) is 30.6 Å². The summed E-state index contributed by atoms with van der Waals surface area (Å²) in [6, 6.07) is 8.39. The van der Waals surface area contributed by atoms with Crippen molar-refractivity contribution < 1.29 is 29.0 Å². The van der Waals surface area contributed by atoms with Gasteiger partial charge in [-0.3, -0.25) is 9.59 Å². The molecule has 0 bridgehead atoms. The summed E-state index contributed by atoms with van der Waals surface area (Å²) < 4.78 is 10.7. The van der Waals surface area contributed by atoms with Crippen LogP contribution >= 0.6 is 0 Å². The van der Waals surface area contributed by atoms with E-state index in [-0.39, 0.29) is 36.3 Å². The van der Waals surface area contributed by atoms with E-state index in [4.69, 9.17) is 9.15 Å². The Morgan fingerprint density at radius 1 is 1.22 bits per heavy atom. The van der Waals surface area contributed by atoms with E-state index in [1.54, 1.807) is 18.2 Å². The van der Waals surface area contributed by atoms with Crippen molar-refractivity contribution in [3.05, 3.63) is 65.3 Å². The molecule has 3 rings (SSSR count). The summed E-state index contributed by atoms with van der Waals surface area (Å²) in [7, 11) is 0. The third-order valence-electron chi connectivity index (χ3n) is 4.29. The largest absolute Gasteiger partial charge is 0.508 e. The standard InChI is InChI=1S/C20H21NO6/c1-12(2)26-11-9-21-17(13-5-7-14(22)8-6-13)16(19(24)20(21)25)18(23)15-4-3-10-27-15/h3-8,10,12,17,22,24H,9,11H2,1-2H3. The van der Waals surface area contributed by atoms with Crippen molar-refractivity contribution in [1.82, 2.24) is 4.90 Å². The number of amides is 1. The molecule has 1 aromatic heterocycles. The maximum absolute atomic E-state index is 12.9. The maximum Gasteiger partial charge on any atom is 0.290 e. The summed E-state index contributed by atoms with van der Waals surface area (Å²) >= 11 is 0. The highest BCUT2D eigenvalue weighted by Crippen LogP contribution is 2.39. The highest BCUT2D eigenvalue weighted by Gasteiger charge is 2.44. The van der Waals surface area contributed by atoms with E-state index in [9.17, 15) is 19.8 Å². The fourth-order valence-corrected chi connectivity index (χ4v) is 3.05. The number of hydrogen-bond acceptors (Lipinski definition) is 6. The normalized spacial score (nSPS) is 17.2. The molecular weight excluding hydrogens is 350 g/mol. The highest BCUT2D eigenvalue weighted by atomic mass is 16.5. The smallest absolute Gasteiger partial charge is 0.290 e. The van der Waals surface area contributed by atoms with Crippen LogP contribution in [0.1, 0.15) is 36.0 Å². The van der Waals surface area contributed by atoms with Gasteiger partial charge >= 0.3 is 0 Å². The molecule has 1 aliphatic heterocycles. The average Bonchev–Trinajstić information content (AvgIpc) is 3.25. The van der Waals surface area contributed by atoms with Crippen LogP contribution in [-0.2, 0) is 9.53 Å². The van der Waals surface area contributed by atoms with Crippen LogP contribution in [0.25, 0.3) is 0 Å². The number of rotatable bonds is 7. The van der Waals surface area contributed by atoms with Crippen LogP contribution in [0.3, 0.4) is 0 Å². The minimum Gasteiger partial charge on any atom is -0.508 e. The van der Waals surface area contributed by atoms with Gasteiger partial charge in [-0.15, -0.1) is 0 Å². The molecular formula is C20H21NO6. The molecule has 1 amide bonds. The molecule has 1 atom stereocenters. The van der Waals surface area contributed by atoms with Gasteiger partial charge in [0.1, 0.15) is 5.75 Å². The molecule has 2 aromatic rings. The minimum atomic E-state index is -0.800. The first-order chi connectivity index (χ1) is 12.9. The van der Waals surface area contributed by atoms with Crippen molar-refractivity contribution in [3.8, 4) is 5.75 Å². The SMILES string of the molecule is CC(C)OCCN1C(=O)C(O)=C(C(=O)c2ccco2)C1c1ccc(O)cc1. The lowest BCUT2D eigenvalue weighted by Crippen LogP contribution is -2.34. The molecule has 142 valence electrons. The number of Topliss-reactive ketones (excluding diaryl/α,β-unsaturated/α-hetero) is 1. The number of benzene rings is 1. The van der Waals surface area contributed by atoms with Gasteiger partial charge in [0.2, 0.25) is 5.78 Å². The molecule has 0 fully saturated rings. The molecule has 2 heterocycles. The Labute approximate surface area is 156 Å². The van der Waals surface area contributed by atoms with Gasteiger partial charge in [-0.1, -0.05) is 12.1 Å². The van der Waals surface area contributed by atoms with Crippen LogP contribution in [-0.4, -0.2) is 46.1 Å². The lowest BCUT2D eigenvalue weighted by Gasteiger charge is -2.27. The Balaban J connectivity index is 1.99. The number of nitrogens with zero attached hydrogens (tertiary/aromatic N) is 1. The van der Waals surface area contributed by atoms with Crippen LogP contribution < -0.4 is 0 Å². The summed E-state index contributed by atoms with van der Waals surface area (Å²) in [6.07, 6.45) is 1.34. The monoisotopic (exact) mass is 371 g/mol. The third kappa shape index (κ3) is 3.73. The number of carbonyl (C=O) groups excluding carboxylic acids is 2. The van der Waals surface area contributed by atoms with Crippen molar-refractivity contribution in [1.29, 1.82) is 0 Å². The topological polar surface area (TPSA) is 100 Å². The van der Waals surface area contributed by atoms with E-state index in [0.29, 0.717) is 5.56 Å². The van der Waals surface area contributed by atoms with Crippen LogP contribution in [0.2, 0.25) is 0 Å². The van der Waals surface area contributed by atoms with Gasteiger partial charge in [-0.25, -0.2) is 0 Å². The molecule has 1 aromatic carbocycles. The molecule has 0 saturated heterocycles. The summed E-state index contributed by atoms with van der Waals surface area (Å²) in [5.41, 5.74) is 0.537. The molecule has 0 saturated carbocycles. The maximum atomic E-state index is 12.9. The van der Waals surface area contributed by atoms with Crippen LogP contribution in [0, 0.1) is 0 Å². The first kappa shape index (κ1) is 18.7. The van der Waals surface area contributed by atoms with E-state index >= 15 is 0 Å². The highest BCUT2D eigenvalue weighted by molar-refractivity contribution is 6.15. The predicted octanol–water partition coefficient (Wildman–Crippen LogP) is 2.99. The van der Waals surface area contributed by atoms with Crippen LogP contribution in [0.4, 0.5) is 0 Å². The average molecular weight is 371 g/mol. The van der Waals surface area contributed by atoms with Crippen molar-refractivity contribution in [2.75, 3.05) is 13.2 Å². The number of hydrogen-bond donors (Lipinski definition) is 2. The fraction of sp³-hybridized carbons (Fsp3) is 0.300. The number of furan rings is 1. The lowest BCUT2D eigenvalue weighted by atomic mass is 9.95. The van der Waals surface area contributed by atoms with E-state index < -0.39 is 23.5 Å². The van der Waals surface area contributed by atoms with Gasteiger partial charge < -0.3 is 24.3 Å². The number of carbonyl (C=O) groups is 2. The number of ether oxygens (including phenoxy) is 1. The van der Waals surface area contributed by atoms with Crippen molar-refractivity contribution >= 4 is 11.7 Å². The first-order valence-electron chi connectivity index (χ1n) is 8.63. The second-order valence-corrected chi connectivity index (χ2v) is 6.48. The second kappa shape index (κ2) is 7.67. The Morgan fingerprint density at radius 2 is 1.93 bits per heavy atom. The third-order valence-corrected chi connectivity index (χ3v) is 4.29. The number of phenolic OH excluding ortho intramolecular Hbond substituents is 1. The van der Waals surface area contributed by atoms with Gasteiger partial charge in [0.25, 0.3) is 5.91 Å². The molecule has 0 radical (unpaired) electrons. The Bertz CT molecular complexity index is 851.